The Morgan fingerprint density at radius 2 is 2.07 bits per heavy atom. The maximum Gasteiger partial charge on any atom is 0.272 e. The fourth-order valence-electron chi connectivity index (χ4n) is 1.24. The molecule has 0 N–H and O–H groups in total. The largest absolute Gasteiger partial charge is 0.277 e. The van der Waals surface area contributed by atoms with E-state index in [0.29, 0.717) is 5.57 Å². The summed E-state index contributed by atoms with van der Waals surface area (Å²) in [5.74, 6) is -0.762. The second-order valence-corrected chi connectivity index (χ2v) is 4.16. The van der Waals surface area contributed by atoms with Gasteiger partial charge in [-0.1, -0.05) is 17.7 Å². The van der Waals surface area contributed by atoms with E-state index in [2.05, 4.69) is 0 Å². The molecule has 3 nitrogen and oxygen atoms in total. The molecule has 2 amide bonds. The van der Waals surface area contributed by atoms with Crippen LogP contribution in [0.15, 0.2) is 22.5 Å². The van der Waals surface area contributed by atoms with Crippen LogP contribution in [0, 0.1) is 0 Å². The average Bonchev–Trinajstić information content (AvgIpc) is 2.73. The first-order valence-corrected chi connectivity index (χ1v) is 5.14. The van der Waals surface area contributed by atoms with Crippen LogP contribution >= 0.6 is 22.9 Å². The van der Waals surface area contributed by atoms with Gasteiger partial charge in [0.1, 0.15) is 5.03 Å². The molecular weight excluding hydrogens is 222 g/mol. The highest BCUT2D eigenvalue weighted by atomic mass is 35.5. The monoisotopic (exact) mass is 227 g/mol. The summed E-state index contributed by atoms with van der Waals surface area (Å²) in [5, 5.41) is 1.85. The number of likely N-dealkylation sites (N-methyl/N-ethyl adjacent to an activating group) is 1. The maximum atomic E-state index is 11.6. The topological polar surface area (TPSA) is 37.4 Å². The lowest BCUT2D eigenvalue weighted by Gasteiger charge is -2.04. The highest BCUT2D eigenvalue weighted by molar-refractivity contribution is 7.11. The van der Waals surface area contributed by atoms with Gasteiger partial charge in [0.15, 0.2) is 0 Å². The quantitative estimate of drug-likeness (QED) is 0.685. The summed E-state index contributed by atoms with van der Waals surface area (Å²) < 4.78 is 0. The number of hydrogen-bond acceptors (Lipinski definition) is 3. The standard InChI is InChI=1S/C9H6ClNO2S/c1-11-8(12)6(7(10)9(11)13)5-3-2-4-14-5/h2-4H,1H3. The van der Waals surface area contributed by atoms with Crippen molar-refractivity contribution in [1.29, 1.82) is 0 Å². The molecule has 0 spiro atoms. The predicted octanol–water partition coefficient (Wildman–Crippen LogP) is 1.70. The molecule has 0 saturated carbocycles. The number of carbonyl (C=O) groups excluding carboxylic acids is 2. The molecule has 5 heteroatoms. The summed E-state index contributed by atoms with van der Waals surface area (Å²) in [4.78, 5) is 24.7. The fraction of sp³-hybridized carbons (Fsp3) is 0.111. The molecule has 2 heterocycles. The van der Waals surface area contributed by atoms with Gasteiger partial charge >= 0.3 is 0 Å². The normalized spacial score (nSPS) is 17.1. The first-order chi connectivity index (χ1) is 6.63. The van der Waals surface area contributed by atoms with E-state index in [9.17, 15) is 9.59 Å². The van der Waals surface area contributed by atoms with Gasteiger partial charge in [-0.3, -0.25) is 14.5 Å². The Bertz CT molecular complexity index is 436. The van der Waals surface area contributed by atoms with Gasteiger partial charge in [-0.2, -0.15) is 0 Å². The average molecular weight is 228 g/mol. The Morgan fingerprint density at radius 1 is 1.36 bits per heavy atom. The lowest BCUT2D eigenvalue weighted by Crippen LogP contribution is -2.26. The van der Waals surface area contributed by atoms with Crippen molar-refractivity contribution in [3.05, 3.63) is 27.4 Å². The van der Waals surface area contributed by atoms with E-state index >= 15 is 0 Å². The molecule has 0 aliphatic carbocycles. The van der Waals surface area contributed by atoms with Crippen molar-refractivity contribution in [3.63, 3.8) is 0 Å². The zero-order valence-electron chi connectivity index (χ0n) is 7.28. The summed E-state index contributed by atoms with van der Waals surface area (Å²) in [6.45, 7) is 0. The third kappa shape index (κ3) is 1.19. The summed E-state index contributed by atoms with van der Waals surface area (Å²) in [6.07, 6.45) is 0. The van der Waals surface area contributed by atoms with Crippen LogP contribution in [0.2, 0.25) is 0 Å². The summed E-state index contributed by atoms with van der Waals surface area (Å²) in [6, 6.07) is 3.58. The summed E-state index contributed by atoms with van der Waals surface area (Å²) in [7, 11) is 1.42. The lowest BCUT2D eigenvalue weighted by molar-refractivity contribution is -0.134. The molecule has 1 aromatic rings. The fourth-order valence-corrected chi connectivity index (χ4v) is 2.38. The Labute approximate surface area is 89.6 Å². The lowest BCUT2D eigenvalue weighted by atomic mass is 10.2. The molecule has 2 rings (SSSR count). The van der Waals surface area contributed by atoms with Crippen LogP contribution in [0.5, 0.6) is 0 Å². The van der Waals surface area contributed by atoms with E-state index in [4.69, 9.17) is 11.6 Å². The van der Waals surface area contributed by atoms with Gasteiger partial charge in [0.25, 0.3) is 11.8 Å². The summed E-state index contributed by atoms with van der Waals surface area (Å²) in [5.41, 5.74) is 0.314. The summed E-state index contributed by atoms with van der Waals surface area (Å²) >= 11 is 7.17. The molecule has 0 saturated heterocycles. The third-order valence-electron chi connectivity index (χ3n) is 2.00. The Kier molecular flexibility index (Phi) is 2.17. The van der Waals surface area contributed by atoms with Crippen LogP contribution < -0.4 is 0 Å². The maximum absolute atomic E-state index is 11.6. The van der Waals surface area contributed by atoms with Crippen molar-refractivity contribution in [1.82, 2.24) is 4.90 Å². The van der Waals surface area contributed by atoms with Gasteiger partial charge in [-0.25, -0.2) is 0 Å². The highest BCUT2D eigenvalue weighted by Crippen LogP contribution is 2.32. The zero-order valence-corrected chi connectivity index (χ0v) is 8.85. The minimum atomic E-state index is -0.430. The molecular formula is C9H6ClNO2S. The highest BCUT2D eigenvalue weighted by Gasteiger charge is 2.35. The van der Waals surface area contributed by atoms with Crippen LogP contribution in [-0.2, 0) is 9.59 Å². The minimum Gasteiger partial charge on any atom is -0.277 e. The van der Waals surface area contributed by atoms with Crippen LogP contribution in [0.4, 0.5) is 0 Å². The number of carbonyl (C=O) groups is 2. The van der Waals surface area contributed by atoms with E-state index in [-0.39, 0.29) is 10.9 Å². The van der Waals surface area contributed by atoms with Crippen molar-refractivity contribution in [2.75, 3.05) is 7.05 Å². The Balaban J connectivity index is 2.55. The van der Waals surface area contributed by atoms with E-state index in [1.165, 1.54) is 18.4 Å². The Hall–Kier alpha value is -1.13. The van der Waals surface area contributed by atoms with Crippen molar-refractivity contribution in [3.8, 4) is 0 Å². The minimum absolute atomic E-state index is 0.0138. The predicted molar refractivity (Wildman–Crippen MR) is 54.9 cm³/mol. The molecule has 0 unspecified atom stereocenters. The van der Waals surface area contributed by atoms with Gasteiger partial charge in [0, 0.05) is 11.9 Å². The number of imide groups is 1. The van der Waals surface area contributed by atoms with Crippen LogP contribution in [0.1, 0.15) is 4.88 Å². The SMILES string of the molecule is CN1C(=O)C(Cl)=C(c2cccs2)C1=O. The molecule has 0 aromatic carbocycles. The molecule has 0 bridgehead atoms. The van der Waals surface area contributed by atoms with Crippen LogP contribution in [0.25, 0.3) is 5.57 Å². The number of nitrogens with zero attached hydrogens (tertiary/aromatic N) is 1. The van der Waals surface area contributed by atoms with Crippen molar-refractivity contribution in [2.45, 2.75) is 0 Å². The number of halogens is 1. The third-order valence-corrected chi connectivity index (χ3v) is 3.24. The molecule has 1 aliphatic heterocycles. The molecule has 14 heavy (non-hydrogen) atoms. The van der Waals surface area contributed by atoms with Crippen LogP contribution in [-0.4, -0.2) is 23.8 Å². The molecule has 0 atom stereocenters. The van der Waals surface area contributed by atoms with Crippen molar-refractivity contribution in [2.24, 2.45) is 0 Å². The second-order valence-electron chi connectivity index (χ2n) is 2.84. The van der Waals surface area contributed by atoms with Gasteiger partial charge < -0.3 is 0 Å². The second kappa shape index (κ2) is 3.22. The van der Waals surface area contributed by atoms with E-state index in [1.54, 1.807) is 6.07 Å². The molecule has 0 fully saturated rings. The molecule has 1 aliphatic rings. The van der Waals surface area contributed by atoms with E-state index < -0.39 is 5.91 Å². The smallest absolute Gasteiger partial charge is 0.272 e. The first kappa shape index (κ1) is 9.43. The molecule has 0 radical (unpaired) electrons. The number of amides is 2. The van der Waals surface area contributed by atoms with Crippen molar-refractivity contribution >= 4 is 40.3 Å². The van der Waals surface area contributed by atoms with Gasteiger partial charge in [-0.05, 0) is 11.4 Å². The number of rotatable bonds is 1. The molecule has 1 aromatic heterocycles. The number of hydrogen-bond donors (Lipinski definition) is 0. The van der Waals surface area contributed by atoms with Gasteiger partial charge in [0.05, 0.1) is 5.57 Å². The van der Waals surface area contributed by atoms with Gasteiger partial charge in [-0.15, -0.1) is 11.3 Å². The van der Waals surface area contributed by atoms with Gasteiger partial charge in [0.2, 0.25) is 0 Å². The first-order valence-electron chi connectivity index (χ1n) is 3.89. The zero-order chi connectivity index (χ0) is 10.3. The van der Waals surface area contributed by atoms with E-state index in [0.717, 1.165) is 9.78 Å². The van der Waals surface area contributed by atoms with E-state index in [1.807, 2.05) is 11.4 Å². The Morgan fingerprint density at radius 3 is 2.50 bits per heavy atom. The number of thiophene rings is 1. The molecule has 72 valence electrons. The van der Waals surface area contributed by atoms with Crippen molar-refractivity contribution < 1.29 is 9.59 Å². The van der Waals surface area contributed by atoms with Crippen LogP contribution in [0.3, 0.4) is 0 Å².